The molecule has 0 aliphatic heterocycles. The first-order chi connectivity index (χ1) is 15.6. The Labute approximate surface area is 191 Å². The van der Waals surface area contributed by atoms with Gasteiger partial charge in [-0.05, 0) is 56.2 Å². The van der Waals surface area contributed by atoms with Crippen molar-refractivity contribution in [2.75, 3.05) is 11.9 Å². The standard InChI is InChI=1S/C25H26N4O2S/c1-15-7-10-18(23(30)27-19-11-12-19)13-20(15)28-25-29-21(17-5-3-2-4-6-17)22(32-25)24(31)26-14-16-8-9-16/h2-7,10,13,16,19H,8-9,11-12,14H2,1H3,(H,26,31)(H,27,30)(H,28,29). The van der Waals surface area contributed by atoms with E-state index in [1.165, 1.54) is 24.2 Å². The topological polar surface area (TPSA) is 83.1 Å². The molecular formula is C25H26N4O2S. The van der Waals surface area contributed by atoms with Crippen molar-refractivity contribution in [3.05, 3.63) is 64.5 Å². The molecule has 2 amide bonds. The van der Waals surface area contributed by atoms with Crippen LogP contribution in [0.1, 0.15) is 51.3 Å². The van der Waals surface area contributed by atoms with Gasteiger partial charge in [0.15, 0.2) is 5.13 Å². The highest BCUT2D eigenvalue weighted by atomic mass is 32.1. The van der Waals surface area contributed by atoms with Crippen LogP contribution < -0.4 is 16.0 Å². The van der Waals surface area contributed by atoms with Crippen LogP contribution in [0.5, 0.6) is 0 Å². The van der Waals surface area contributed by atoms with E-state index in [1.807, 2.05) is 55.5 Å². The largest absolute Gasteiger partial charge is 0.351 e. The number of benzene rings is 2. The number of aryl methyl sites for hydroxylation is 1. The van der Waals surface area contributed by atoms with Gasteiger partial charge < -0.3 is 16.0 Å². The van der Waals surface area contributed by atoms with Crippen LogP contribution in [0.3, 0.4) is 0 Å². The van der Waals surface area contributed by atoms with Gasteiger partial charge in [0.1, 0.15) is 4.88 Å². The summed E-state index contributed by atoms with van der Waals surface area (Å²) in [5.74, 6) is 0.465. The Balaban J connectivity index is 1.42. The lowest BCUT2D eigenvalue weighted by Gasteiger charge is -2.10. The molecule has 1 aromatic heterocycles. The number of hydrogen-bond donors (Lipinski definition) is 3. The van der Waals surface area contributed by atoms with E-state index in [-0.39, 0.29) is 11.8 Å². The second-order valence-electron chi connectivity index (χ2n) is 8.62. The second-order valence-corrected chi connectivity index (χ2v) is 9.62. The third-order valence-electron chi connectivity index (χ3n) is 5.78. The molecule has 0 saturated heterocycles. The molecule has 0 unspecified atom stereocenters. The van der Waals surface area contributed by atoms with Gasteiger partial charge in [0.05, 0.1) is 5.69 Å². The van der Waals surface area contributed by atoms with Crippen molar-refractivity contribution < 1.29 is 9.59 Å². The lowest BCUT2D eigenvalue weighted by Crippen LogP contribution is -2.25. The Hall–Kier alpha value is -3.19. The molecule has 0 bridgehead atoms. The molecule has 7 heteroatoms. The summed E-state index contributed by atoms with van der Waals surface area (Å²) in [6, 6.07) is 15.7. The number of hydrogen-bond acceptors (Lipinski definition) is 5. The van der Waals surface area contributed by atoms with Crippen LogP contribution in [0.15, 0.2) is 48.5 Å². The summed E-state index contributed by atoms with van der Waals surface area (Å²) in [6.45, 7) is 2.70. The van der Waals surface area contributed by atoms with Crippen molar-refractivity contribution in [1.29, 1.82) is 0 Å². The molecule has 3 N–H and O–H groups in total. The van der Waals surface area contributed by atoms with Gasteiger partial charge in [0.25, 0.3) is 11.8 Å². The number of amides is 2. The fraction of sp³-hybridized carbons (Fsp3) is 0.320. The van der Waals surface area contributed by atoms with Crippen molar-refractivity contribution in [1.82, 2.24) is 15.6 Å². The van der Waals surface area contributed by atoms with Crippen molar-refractivity contribution in [2.24, 2.45) is 5.92 Å². The van der Waals surface area contributed by atoms with Gasteiger partial charge in [-0.2, -0.15) is 0 Å². The molecule has 2 aliphatic carbocycles. The normalized spacial score (nSPS) is 15.3. The maximum Gasteiger partial charge on any atom is 0.263 e. The first kappa shape index (κ1) is 20.7. The van der Waals surface area contributed by atoms with Crippen LogP contribution in [-0.2, 0) is 0 Å². The van der Waals surface area contributed by atoms with Crippen molar-refractivity contribution >= 4 is 34.0 Å². The van der Waals surface area contributed by atoms with E-state index in [2.05, 4.69) is 16.0 Å². The van der Waals surface area contributed by atoms with E-state index < -0.39 is 0 Å². The minimum Gasteiger partial charge on any atom is -0.351 e. The molecule has 1 heterocycles. The summed E-state index contributed by atoms with van der Waals surface area (Å²) in [7, 11) is 0. The average Bonchev–Trinajstić information content (AvgIpc) is 3.74. The lowest BCUT2D eigenvalue weighted by atomic mass is 10.1. The molecule has 32 heavy (non-hydrogen) atoms. The van der Waals surface area contributed by atoms with Gasteiger partial charge in [-0.1, -0.05) is 47.7 Å². The maximum atomic E-state index is 12.9. The third-order valence-corrected chi connectivity index (χ3v) is 6.75. The van der Waals surface area contributed by atoms with Crippen molar-refractivity contribution in [2.45, 2.75) is 38.6 Å². The number of aromatic nitrogens is 1. The predicted octanol–water partition coefficient (Wildman–Crippen LogP) is 4.89. The van der Waals surface area contributed by atoms with Gasteiger partial charge >= 0.3 is 0 Å². The highest BCUT2D eigenvalue weighted by molar-refractivity contribution is 7.18. The third kappa shape index (κ3) is 4.83. The number of nitrogens with one attached hydrogen (secondary N) is 3. The van der Waals surface area contributed by atoms with E-state index in [1.54, 1.807) is 0 Å². The number of rotatable bonds is 8. The van der Waals surface area contributed by atoms with Gasteiger partial charge in [-0.15, -0.1) is 0 Å². The summed E-state index contributed by atoms with van der Waals surface area (Å²) in [5, 5.41) is 10.1. The maximum absolute atomic E-state index is 12.9. The Bertz CT molecular complexity index is 1150. The van der Waals surface area contributed by atoms with E-state index in [0.717, 1.165) is 29.7 Å². The zero-order valence-corrected chi connectivity index (χ0v) is 18.8. The summed E-state index contributed by atoms with van der Waals surface area (Å²) < 4.78 is 0. The average molecular weight is 447 g/mol. The molecule has 2 aromatic carbocycles. The fourth-order valence-corrected chi connectivity index (χ4v) is 4.38. The highest BCUT2D eigenvalue weighted by Crippen LogP contribution is 2.34. The summed E-state index contributed by atoms with van der Waals surface area (Å²) in [6.07, 6.45) is 4.47. The molecule has 3 aromatic rings. The number of anilines is 2. The molecule has 2 fully saturated rings. The molecule has 5 rings (SSSR count). The zero-order chi connectivity index (χ0) is 22.1. The molecule has 0 spiro atoms. The Morgan fingerprint density at radius 3 is 2.53 bits per heavy atom. The van der Waals surface area contributed by atoms with Crippen molar-refractivity contribution in [3.8, 4) is 11.3 Å². The van der Waals surface area contributed by atoms with E-state index in [4.69, 9.17) is 4.98 Å². The van der Waals surface area contributed by atoms with Gasteiger partial charge in [0, 0.05) is 29.4 Å². The monoisotopic (exact) mass is 446 g/mol. The quantitative estimate of drug-likeness (QED) is 0.460. The molecular weight excluding hydrogens is 420 g/mol. The molecule has 6 nitrogen and oxygen atoms in total. The first-order valence-corrected chi connectivity index (χ1v) is 11.9. The highest BCUT2D eigenvalue weighted by Gasteiger charge is 2.26. The predicted molar refractivity (Wildman–Crippen MR) is 128 cm³/mol. The van der Waals surface area contributed by atoms with Crippen LogP contribution in [0.4, 0.5) is 10.8 Å². The van der Waals surface area contributed by atoms with Gasteiger partial charge in [-0.25, -0.2) is 4.98 Å². The zero-order valence-electron chi connectivity index (χ0n) is 18.0. The van der Waals surface area contributed by atoms with Crippen LogP contribution in [-0.4, -0.2) is 29.4 Å². The Kier molecular flexibility index (Phi) is 5.66. The summed E-state index contributed by atoms with van der Waals surface area (Å²) in [5.41, 5.74) is 4.01. The van der Waals surface area contributed by atoms with E-state index in [9.17, 15) is 9.59 Å². The molecule has 0 radical (unpaired) electrons. The summed E-state index contributed by atoms with van der Waals surface area (Å²) >= 11 is 1.34. The van der Waals surface area contributed by atoms with E-state index >= 15 is 0 Å². The number of nitrogens with zero attached hydrogens (tertiary/aromatic N) is 1. The van der Waals surface area contributed by atoms with Crippen LogP contribution in [0, 0.1) is 12.8 Å². The van der Waals surface area contributed by atoms with Gasteiger partial charge in [-0.3, -0.25) is 9.59 Å². The number of carbonyl (C=O) groups is 2. The van der Waals surface area contributed by atoms with Crippen molar-refractivity contribution in [3.63, 3.8) is 0 Å². The smallest absolute Gasteiger partial charge is 0.263 e. The van der Waals surface area contributed by atoms with Crippen LogP contribution >= 0.6 is 11.3 Å². The lowest BCUT2D eigenvalue weighted by molar-refractivity contribution is 0.0945. The van der Waals surface area contributed by atoms with Crippen LogP contribution in [0.2, 0.25) is 0 Å². The summed E-state index contributed by atoms with van der Waals surface area (Å²) in [4.78, 5) is 30.8. The minimum atomic E-state index is -0.0874. The Morgan fingerprint density at radius 2 is 1.81 bits per heavy atom. The first-order valence-electron chi connectivity index (χ1n) is 11.1. The number of thiazole rings is 1. The van der Waals surface area contributed by atoms with E-state index in [0.29, 0.717) is 39.8 Å². The molecule has 2 aliphatic rings. The second kappa shape index (κ2) is 8.74. The van der Waals surface area contributed by atoms with Gasteiger partial charge in [0.2, 0.25) is 0 Å². The number of carbonyl (C=O) groups excluding carboxylic acids is 2. The fourth-order valence-electron chi connectivity index (χ4n) is 3.47. The molecule has 164 valence electrons. The molecule has 0 atom stereocenters. The minimum absolute atomic E-state index is 0.0557. The molecule has 2 saturated carbocycles. The SMILES string of the molecule is Cc1ccc(C(=O)NC2CC2)cc1Nc1nc(-c2ccccc2)c(C(=O)NCC2CC2)s1. The van der Waals surface area contributed by atoms with Crippen LogP contribution in [0.25, 0.3) is 11.3 Å². The Morgan fingerprint density at radius 1 is 1.03 bits per heavy atom.